The molecule has 0 radical (unpaired) electrons. The van der Waals surface area contributed by atoms with Crippen LogP contribution in [0.2, 0.25) is 0 Å². The minimum atomic E-state index is 0.255. The van der Waals surface area contributed by atoms with Gasteiger partial charge in [0.15, 0.2) is 5.96 Å². The summed E-state index contributed by atoms with van der Waals surface area (Å²) in [6.45, 7) is 9.67. The molecule has 1 saturated heterocycles. The third kappa shape index (κ3) is 7.76. The molecule has 7 heteroatoms. The second kappa shape index (κ2) is 12.7. The van der Waals surface area contributed by atoms with Crippen LogP contribution in [0.3, 0.4) is 0 Å². The van der Waals surface area contributed by atoms with Gasteiger partial charge in [-0.3, -0.25) is 0 Å². The van der Waals surface area contributed by atoms with Crippen LogP contribution in [0.4, 0.5) is 5.82 Å². The standard InChI is InChI=1S/C23H39N5O2/c1-3-24-23(25-12-14-30-21-8-6-4-5-7-9-21)27-17-20-10-11-22(26-16-20)28-13-15-29-19(2)18-28/h10-11,16,19,21H,3-9,12-15,17-18H2,1-2H3,(H2,24,25,27). The van der Waals surface area contributed by atoms with Gasteiger partial charge in [-0.25, -0.2) is 9.98 Å². The molecule has 30 heavy (non-hydrogen) atoms. The van der Waals surface area contributed by atoms with Crippen molar-refractivity contribution in [2.45, 2.75) is 71.1 Å². The number of pyridine rings is 1. The molecule has 7 nitrogen and oxygen atoms in total. The van der Waals surface area contributed by atoms with E-state index in [0.717, 1.165) is 56.7 Å². The summed E-state index contributed by atoms with van der Waals surface area (Å²) in [5.41, 5.74) is 1.10. The van der Waals surface area contributed by atoms with Crippen molar-refractivity contribution in [3.05, 3.63) is 23.9 Å². The quantitative estimate of drug-likeness (QED) is 0.293. The number of guanidine groups is 1. The zero-order chi connectivity index (χ0) is 21.0. The Hall–Kier alpha value is -1.86. The highest BCUT2D eigenvalue weighted by atomic mass is 16.5. The Morgan fingerprint density at radius 1 is 1.23 bits per heavy atom. The van der Waals surface area contributed by atoms with Crippen LogP contribution in [-0.2, 0) is 16.0 Å². The molecule has 1 atom stereocenters. The highest BCUT2D eigenvalue weighted by molar-refractivity contribution is 5.79. The van der Waals surface area contributed by atoms with Crippen molar-refractivity contribution >= 4 is 11.8 Å². The molecule has 0 amide bonds. The summed E-state index contributed by atoms with van der Waals surface area (Å²) in [6.07, 6.45) is 10.4. The van der Waals surface area contributed by atoms with Gasteiger partial charge in [0.05, 0.1) is 32.0 Å². The maximum absolute atomic E-state index is 6.06. The van der Waals surface area contributed by atoms with Crippen molar-refractivity contribution in [2.75, 3.05) is 44.3 Å². The van der Waals surface area contributed by atoms with E-state index in [1.54, 1.807) is 0 Å². The largest absolute Gasteiger partial charge is 0.376 e. The summed E-state index contributed by atoms with van der Waals surface area (Å²) in [4.78, 5) is 11.6. The van der Waals surface area contributed by atoms with Crippen LogP contribution < -0.4 is 15.5 Å². The van der Waals surface area contributed by atoms with Crippen LogP contribution in [0.1, 0.15) is 57.9 Å². The number of rotatable bonds is 8. The van der Waals surface area contributed by atoms with E-state index >= 15 is 0 Å². The molecule has 1 aliphatic heterocycles. The number of hydrogen-bond acceptors (Lipinski definition) is 5. The number of morpholine rings is 1. The lowest BCUT2D eigenvalue weighted by Gasteiger charge is -2.32. The van der Waals surface area contributed by atoms with Crippen LogP contribution in [-0.4, -0.2) is 62.5 Å². The fraction of sp³-hybridized carbons (Fsp3) is 0.739. The highest BCUT2D eigenvalue weighted by Gasteiger charge is 2.17. The molecule has 1 aromatic heterocycles. The lowest BCUT2D eigenvalue weighted by Crippen LogP contribution is -2.41. The Balaban J connectivity index is 1.43. The van der Waals surface area contributed by atoms with Crippen LogP contribution in [0, 0.1) is 0 Å². The van der Waals surface area contributed by atoms with Gasteiger partial charge in [-0.15, -0.1) is 0 Å². The van der Waals surface area contributed by atoms with E-state index in [1.165, 1.54) is 38.5 Å². The Morgan fingerprint density at radius 3 is 2.77 bits per heavy atom. The molecule has 1 unspecified atom stereocenters. The van der Waals surface area contributed by atoms with E-state index in [-0.39, 0.29) is 6.10 Å². The van der Waals surface area contributed by atoms with Crippen LogP contribution >= 0.6 is 0 Å². The van der Waals surface area contributed by atoms with Gasteiger partial charge in [0.1, 0.15) is 5.82 Å². The first-order chi connectivity index (χ1) is 14.7. The molecule has 2 fully saturated rings. The SMILES string of the molecule is CCNC(=NCc1ccc(N2CCOC(C)C2)nc1)NCCOC1CCCCCC1. The molecule has 0 aromatic carbocycles. The van der Waals surface area contributed by atoms with Crippen molar-refractivity contribution in [1.29, 1.82) is 0 Å². The predicted octanol–water partition coefficient (Wildman–Crippen LogP) is 3.10. The molecule has 1 aromatic rings. The van der Waals surface area contributed by atoms with E-state index in [0.29, 0.717) is 12.6 Å². The minimum Gasteiger partial charge on any atom is -0.376 e. The van der Waals surface area contributed by atoms with Gasteiger partial charge in [0.2, 0.25) is 0 Å². The number of hydrogen-bond donors (Lipinski definition) is 2. The van der Waals surface area contributed by atoms with Crippen molar-refractivity contribution in [2.24, 2.45) is 4.99 Å². The summed E-state index contributed by atoms with van der Waals surface area (Å²) in [6, 6.07) is 4.20. The number of aliphatic imine (C=N–C) groups is 1. The molecule has 2 aliphatic rings. The Labute approximate surface area is 181 Å². The maximum Gasteiger partial charge on any atom is 0.191 e. The summed E-state index contributed by atoms with van der Waals surface area (Å²) < 4.78 is 11.7. The lowest BCUT2D eigenvalue weighted by atomic mass is 10.1. The van der Waals surface area contributed by atoms with Gasteiger partial charge in [0.25, 0.3) is 0 Å². The fourth-order valence-corrected chi connectivity index (χ4v) is 4.04. The third-order valence-electron chi connectivity index (χ3n) is 5.69. The summed E-state index contributed by atoms with van der Waals surface area (Å²) in [7, 11) is 0. The summed E-state index contributed by atoms with van der Waals surface area (Å²) in [5.74, 6) is 1.84. The van der Waals surface area contributed by atoms with Gasteiger partial charge >= 0.3 is 0 Å². The Kier molecular flexibility index (Phi) is 9.70. The third-order valence-corrected chi connectivity index (χ3v) is 5.69. The molecule has 3 rings (SSSR count). The first-order valence-electron chi connectivity index (χ1n) is 11.7. The predicted molar refractivity (Wildman–Crippen MR) is 122 cm³/mol. The first kappa shape index (κ1) is 22.8. The van der Waals surface area contributed by atoms with Gasteiger partial charge in [0, 0.05) is 32.4 Å². The van der Waals surface area contributed by atoms with Crippen molar-refractivity contribution in [3.63, 3.8) is 0 Å². The van der Waals surface area contributed by atoms with E-state index in [9.17, 15) is 0 Å². The smallest absolute Gasteiger partial charge is 0.191 e. The molecule has 2 N–H and O–H groups in total. The fourth-order valence-electron chi connectivity index (χ4n) is 4.04. The molecular weight excluding hydrogens is 378 g/mol. The molecule has 0 bridgehead atoms. The van der Waals surface area contributed by atoms with E-state index in [4.69, 9.17) is 14.5 Å². The van der Waals surface area contributed by atoms with E-state index in [2.05, 4.69) is 46.5 Å². The number of anilines is 1. The first-order valence-corrected chi connectivity index (χ1v) is 11.7. The summed E-state index contributed by atoms with van der Waals surface area (Å²) in [5, 5.41) is 6.70. The zero-order valence-electron chi connectivity index (χ0n) is 18.7. The monoisotopic (exact) mass is 417 g/mol. The number of ether oxygens (including phenoxy) is 2. The zero-order valence-corrected chi connectivity index (χ0v) is 18.7. The topological polar surface area (TPSA) is 71.0 Å². The maximum atomic E-state index is 6.06. The summed E-state index contributed by atoms with van der Waals surface area (Å²) >= 11 is 0. The molecule has 1 saturated carbocycles. The van der Waals surface area contributed by atoms with E-state index < -0.39 is 0 Å². The van der Waals surface area contributed by atoms with Crippen molar-refractivity contribution in [3.8, 4) is 0 Å². The second-order valence-electron chi connectivity index (χ2n) is 8.26. The number of aromatic nitrogens is 1. The van der Waals surface area contributed by atoms with Crippen LogP contribution in [0.25, 0.3) is 0 Å². The molecule has 168 valence electrons. The van der Waals surface area contributed by atoms with Gasteiger partial charge in [-0.05, 0) is 38.3 Å². The van der Waals surface area contributed by atoms with E-state index in [1.807, 2.05) is 6.20 Å². The van der Waals surface area contributed by atoms with Crippen molar-refractivity contribution in [1.82, 2.24) is 15.6 Å². The second-order valence-corrected chi connectivity index (χ2v) is 8.26. The van der Waals surface area contributed by atoms with Crippen molar-refractivity contribution < 1.29 is 9.47 Å². The Bertz CT molecular complexity index is 629. The highest BCUT2D eigenvalue weighted by Crippen LogP contribution is 2.19. The minimum absolute atomic E-state index is 0.255. The Morgan fingerprint density at radius 2 is 2.07 bits per heavy atom. The molecule has 1 aliphatic carbocycles. The van der Waals surface area contributed by atoms with Gasteiger partial charge < -0.3 is 25.0 Å². The van der Waals surface area contributed by atoms with Gasteiger partial charge in [-0.1, -0.05) is 31.7 Å². The average Bonchev–Trinajstić information content (AvgIpc) is 3.04. The van der Waals surface area contributed by atoms with Gasteiger partial charge in [-0.2, -0.15) is 0 Å². The van der Waals surface area contributed by atoms with Crippen LogP contribution in [0.5, 0.6) is 0 Å². The molecule has 2 heterocycles. The number of nitrogens with zero attached hydrogens (tertiary/aromatic N) is 3. The number of nitrogens with one attached hydrogen (secondary N) is 2. The average molecular weight is 418 g/mol. The molecular formula is C23H39N5O2. The lowest BCUT2D eigenvalue weighted by molar-refractivity contribution is 0.0468. The van der Waals surface area contributed by atoms with Crippen LogP contribution in [0.15, 0.2) is 23.3 Å². The normalized spacial score (nSPS) is 21.3. The molecule has 0 spiro atoms.